The fourth-order valence-electron chi connectivity index (χ4n) is 2.47. The largest absolute Gasteiger partial charge is 0.466 e. The SMILES string of the molecule is COC(=O)C1=C(C(=O)OC)N(c2cccc(SC(F)(F)C(F)(F)F)c2C#N)COC1. The zero-order valence-corrected chi connectivity index (χ0v) is 16.2. The van der Waals surface area contributed by atoms with Crippen molar-refractivity contribution in [2.75, 3.05) is 32.5 Å². The van der Waals surface area contributed by atoms with E-state index in [2.05, 4.69) is 9.47 Å². The van der Waals surface area contributed by atoms with Crippen LogP contribution in [0.15, 0.2) is 34.4 Å². The maximum atomic E-state index is 13.5. The Morgan fingerprint density at radius 3 is 2.33 bits per heavy atom. The Bertz CT molecular complexity index is 926. The Balaban J connectivity index is 2.64. The molecule has 0 amide bonds. The molecule has 0 radical (unpaired) electrons. The van der Waals surface area contributed by atoms with E-state index in [4.69, 9.17) is 4.74 Å². The Morgan fingerprint density at radius 2 is 1.80 bits per heavy atom. The molecule has 0 atom stereocenters. The van der Waals surface area contributed by atoms with Crippen LogP contribution in [0.25, 0.3) is 0 Å². The summed E-state index contributed by atoms with van der Waals surface area (Å²) >= 11 is -0.863. The average Bonchev–Trinajstić information content (AvgIpc) is 2.70. The van der Waals surface area contributed by atoms with Gasteiger partial charge in [-0.15, -0.1) is 0 Å². The molecule has 7 nitrogen and oxygen atoms in total. The van der Waals surface area contributed by atoms with Gasteiger partial charge in [0, 0.05) is 4.90 Å². The molecule has 0 unspecified atom stereocenters. The van der Waals surface area contributed by atoms with E-state index in [1.54, 1.807) is 6.07 Å². The fraction of sp³-hybridized carbons (Fsp3) is 0.353. The smallest absolute Gasteiger partial charge is 0.464 e. The number of nitriles is 1. The lowest BCUT2D eigenvalue weighted by Gasteiger charge is -2.32. The Morgan fingerprint density at radius 1 is 1.17 bits per heavy atom. The zero-order valence-electron chi connectivity index (χ0n) is 15.4. The molecule has 162 valence electrons. The highest BCUT2D eigenvalue weighted by Gasteiger charge is 2.58. The Kier molecular flexibility index (Phi) is 6.94. The first-order chi connectivity index (χ1) is 14.0. The molecule has 0 fully saturated rings. The summed E-state index contributed by atoms with van der Waals surface area (Å²) in [4.78, 5) is 24.6. The van der Waals surface area contributed by atoms with E-state index in [0.717, 1.165) is 31.3 Å². The maximum absolute atomic E-state index is 13.5. The minimum atomic E-state index is -5.86. The number of hydrogen-bond acceptors (Lipinski definition) is 8. The number of benzene rings is 1. The normalized spacial score (nSPS) is 14.9. The van der Waals surface area contributed by atoms with E-state index in [1.807, 2.05) is 0 Å². The van der Waals surface area contributed by atoms with Gasteiger partial charge in [-0.1, -0.05) is 6.07 Å². The van der Waals surface area contributed by atoms with Crippen molar-refractivity contribution in [3.05, 3.63) is 35.0 Å². The van der Waals surface area contributed by atoms with Crippen LogP contribution in [-0.2, 0) is 23.8 Å². The van der Waals surface area contributed by atoms with Gasteiger partial charge >= 0.3 is 23.4 Å². The standard InChI is InChI=1S/C17H13F5N2O5S/c1-27-14(25)10-7-29-8-24(13(10)15(26)28-2)11-4-3-5-12(9(11)6-23)30-17(21,22)16(18,19)20/h3-5H,7-8H2,1-2H3. The van der Waals surface area contributed by atoms with E-state index < -0.39 is 58.0 Å². The predicted molar refractivity (Wildman–Crippen MR) is 92.4 cm³/mol. The number of nitrogens with zero attached hydrogens (tertiary/aromatic N) is 2. The van der Waals surface area contributed by atoms with Gasteiger partial charge < -0.3 is 19.1 Å². The first-order valence-corrected chi connectivity index (χ1v) is 8.71. The molecule has 1 aliphatic rings. The monoisotopic (exact) mass is 452 g/mol. The van der Waals surface area contributed by atoms with E-state index in [1.165, 1.54) is 6.07 Å². The second-order valence-corrected chi connectivity index (χ2v) is 6.75. The summed E-state index contributed by atoms with van der Waals surface area (Å²) in [6.45, 7) is -0.764. The number of halogens is 5. The molecule has 30 heavy (non-hydrogen) atoms. The van der Waals surface area contributed by atoms with Crippen molar-refractivity contribution >= 4 is 29.4 Å². The summed E-state index contributed by atoms with van der Waals surface area (Å²) in [7, 11) is 2.06. The summed E-state index contributed by atoms with van der Waals surface area (Å²) in [6.07, 6.45) is -5.86. The zero-order chi connectivity index (χ0) is 22.7. The summed E-state index contributed by atoms with van der Waals surface area (Å²) < 4.78 is 79.3. The Labute approximate surface area is 171 Å². The molecule has 0 spiro atoms. The molecule has 0 aromatic heterocycles. The third-order valence-electron chi connectivity index (χ3n) is 3.81. The fourth-order valence-corrected chi connectivity index (χ4v) is 3.26. The number of alkyl halides is 5. The van der Waals surface area contributed by atoms with Crippen molar-refractivity contribution in [3.8, 4) is 6.07 Å². The topological polar surface area (TPSA) is 88.9 Å². The van der Waals surface area contributed by atoms with E-state index in [0.29, 0.717) is 0 Å². The minimum Gasteiger partial charge on any atom is -0.466 e. The second kappa shape index (κ2) is 8.88. The molecule has 1 aliphatic heterocycles. The molecule has 0 saturated carbocycles. The highest BCUT2D eigenvalue weighted by atomic mass is 32.2. The van der Waals surface area contributed by atoms with Crippen LogP contribution in [0.3, 0.4) is 0 Å². The van der Waals surface area contributed by atoms with Crippen LogP contribution >= 0.6 is 11.8 Å². The van der Waals surface area contributed by atoms with Gasteiger partial charge in [0.25, 0.3) is 0 Å². The van der Waals surface area contributed by atoms with Crippen molar-refractivity contribution in [2.24, 2.45) is 0 Å². The minimum absolute atomic E-state index is 0.234. The lowest BCUT2D eigenvalue weighted by atomic mass is 10.1. The van der Waals surface area contributed by atoms with Crippen molar-refractivity contribution < 1.29 is 45.8 Å². The first-order valence-electron chi connectivity index (χ1n) is 7.90. The van der Waals surface area contributed by atoms with Crippen LogP contribution in [0.5, 0.6) is 0 Å². The molecule has 1 aromatic carbocycles. The lowest BCUT2D eigenvalue weighted by Crippen LogP contribution is -2.39. The predicted octanol–water partition coefficient (Wildman–Crippen LogP) is 3.20. The van der Waals surface area contributed by atoms with Crippen LogP contribution in [-0.4, -0.2) is 50.9 Å². The van der Waals surface area contributed by atoms with E-state index in [-0.39, 0.29) is 17.9 Å². The highest BCUT2D eigenvalue weighted by molar-refractivity contribution is 8.00. The molecule has 0 bridgehead atoms. The molecule has 2 rings (SSSR count). The molecule has 13 heteroatoms. The molecule has 0 N–H and O–H groups in total. The number of esters is 2. The lowest BCUT2D eigenvalue weighted by molar-refractivity contribution is -0.237. The number of carbonyl (C=O) groups excluding carboxylic acids is 2. The van der Waals surface area contributed by atoms with Crippen LogP contribution in [0.4, 0.5) is 27.6 Å². The van der Waals surface area contributed by atoms with Gasteiger partial charge in [-0.25, -0.2) is 9.59 Å². The van der Waals surface area contributed by atoms with Crippen LogP contribution in [0.2, 0.25) is 0 Å². The van der Waals surface area contributed by atoms with Crippen molar-refractivity contribution in [2.45, 2.75) is 16.3 Å². The quantitative estimate of drug-likeness (QED) is 0.382. The van der Waals surface area contributed by atoms with Gasteiger partial charge in [-0.2, -0.15) is 27.2 Å². The maximum Gasteiger partial charge on any atom is 0.464 e. The molecule has 1 aromatic rings. The summed E-state index contributed by atoms with van der Waals surface area (Å²) in [5.74, 6) is -1.98. The van der Waals surface area contributed by atoms with Gasteiger partial charge in [0.2, 0.25) is 0 Å². The van der Waals surface area contributed by atoms with Crippen molar-refractivity contribution in [1.29, 1.82) is 5.26 Å². The third kappa shape index (κ3) is 4.49. The number of ether oxygens (including phenoxy) is 3. The number of methoxy groups -OCH3 is 2. The van der Waals surface area contributed by atoms with E-state index >= 15 is 0 Å². The number of carbonyl (C=O) groups is 2. The highest BCUT2D eigenvalue weighted by Crippen LogP contribution is 2.49. The van der Waals surface area contributed by atoms with Gasteiger partial charge in [-0.3, -0.25) is 0 Å². The summed E-state index contributed by atoms with van der Waals surface area (Å²) in [5.41, 5.74) is -1.49. The van der Waals surface area contributed by atoms with Crippen molar-refractivity contribution in [3.63, 3.8) is 0 Å². The van der Waals surface area contributed by atoms with Crippen LogP contribution < -0.4 is 4.90 Å². The molecular formula is C17H13F5N2O5S. The molecule has 1 heterocycles. The van der Waals surface area contributed by atoms with Gasteiger partial charge in [0.1, 0.15) is 18.5 Å². The third-order valence-corrected chi connectivity index (χ3v) is 4.86. The van der Waals surface area contributed by atoms with Gasteiger partial charge in [0.05, 0.1) is 37.7 Å². The number of hydrogen-bond donors (Lipinski definition) is 0. The second-order valence-electron chi connectivity index (χ2n) is 5.59. The van der Waals surface area contributed by atoms with Crippen LogP contribution in [0, 0.1) is 11.3 Å². The molecule has 0 saturated heterocycles. The number of anilines is 1. The van der Waals surface area contributed by atoms with Crippen molar-refractivity contribution in [1.82, 2.24) is 0 Å². The summed E-state index contributed by atoms with van der Waals surface area (Å²) in [5, 5.41) is 4.28. The average molecular weight is 452 g/mol. The van der Waals surface area contributed by atoms with Gasteiger partial charge in [0.15, 0.2) is 0 Å². The molecular weight excluding hydrogens is 439 g/mol. The Hall–Kier alpha value is -2.85. The van der Waals surface area contributed by atoms with Gasteiger partial charge in [-0.05, 0) is 23.9 Å². The summed E-state index contributed by atoms with van der Waals surface area (Å²) in [6, 6.07) is 4.78. The molecule has 0 aliphatic carbocycles. The van der Waals surface area contributed by atoms with E-state index in [9.17, 15) is 36.8 Å². The number of rotatable bonds is 5. The first kappa shape index (κ1) is 23.4. The van der Waals surface area contributed by atoms with Crippen LogP contribution in [0.1, 0.15) is 5.56 Å². The number of thioether (sulfide) groups is 1.